The molecule has 0 aliphatic carbocycles. The molecule has 0 aliphatic rings. The zero-order valence-electron chi connectivity index (χ0n) is 29.9. The van der Waals surface area contributed by atoms with Crippen molar-refractivity contribution < 1.29 is 18.9 Å². The van der Waals surface area contributed by atoms with Crippen LogP contribution < -0.4 is 40.2 Å². The summed E-state index contributed by atoms with van der Waals surface area (Å²) in [6.07, 6.45) is 1.66. The second-order valence-corrected chi connectivity index (χ2v) is 18.6. The van der Waals surface area contributed by atoms with Gasteiger partial charge in [-0.05, 0) is 159 Å². The van der Waals surface area contributed by atoms with Crippen LogP contribution in [0.15, 0.2) is 97.1 Å². The molecular weight excluding hydrogens is 618 g/mol. The van der Waals surface area contributed by atoms with E-state index in [0.29, 0.717) is 11.3 Å². The molecule has 6 heteroatoms. The van der Waals surface area contributed by atoms with Crippen molar-refractivity contribution in [1.29, 1.82) is 0 Å². The Kier molecular flexibility index (Phi) is 13.6. The van der Waals surface area contributed by atoms with E-state index in [9.17, 15) is 0 Å². The molecular formula is C41H54O4P2. The number of benzene rings is 4. The van der Waals surface area contributed by atoms with E-state index in [1.807, 2.05) is 0 Å². The topological polar surface area (TPSA) is 36.9 Å². The van der Waals surface area contributed by atoms with Gasteiger partial charge in [0.25, 0.3) is 0 Å². The first-order chi connectivity index (χ1) is 22.4. The molecule has 2 atom stereocenters. The maximum Gasteiger partial charge on any atom is 0.119 e. The standard InChI is InChI=1S/C41H54O4P2/c1-28(2)42-34-11-19-38(20-12-34)46(39-21-13-35(14-22-39)43-29(3)4)32(9)27-33(10)47(40-23-15-36(16-24-40)44-30(5)6)41-25-17-37(18-26-41)45-31(7)8/h11-26,28-33H,27H2,1-10H3/t32-,33-/m1/s1. The summed E-state index contributed by atoms with van der Waals surface area (Å²) in [7, 11) is -1.29. The number of hydrogen-bond donors (Lipinski definition) is 0. The molecule has 0 fully saturated rings. The van der Waals surface area contributed by atoms with E-state index in [-0.39, 0.29) is 24.4 Å². The molecule has 47 heavy (non-hydrogen) atoms. The van der Waals surface area contributed by atoms with Gasteiger partial charge in [-0.25, -0.2) is 0 Å². The number of hydrogen-bond acceptors (Lipinski definition) is 4. The zero-order chi connectivity index (χ0) is 34.1. The lowest BCUT2D eigenvalue weighted by Gasteiger charge is -2.32. The monoisotopic (exact) mass is 672 g/mol. The maximum absolute atomic E-state index is 6.00. The van der Waals surface area contributed by atoms with Gasteiger partial charge in [0.2, 0.25) is 0 Å². The average Bonchev–Trinajstić information content (AvgIpc) is 3.00. The van der Waals surface area contributed by atoms with Crippen molar-refractivity contribution in [2.75, 3.05) is 0 Å². The third-order valence-corrected chi connectivity index (χ3v) is 13.1. The van der Waals surface area contributed by atoms with E-state index in [1.165, 1.54) is 21.2 Å². The summed E-state index contributed by atoms with van der Waals surface area (Å²) in [5, 5.41) is 5.46. The molecule has 0 radical (unpaired) electrons. The van der Waals surface area contributed by atoms with Gasteiger partial charge in [-0.2, -0.15) is 0 Å². The molecule has 0 saturated carbocycles. The van der Waals surface area contributed by atoms with Crippen LogP contribution >= 0.6 is 15.8 Å². The van der Waals surface area contributed by atoms with Crippen LogP contribution in [-0.4, -0.2) is 35.7 Å². The molecule has 0 bridgehead atoms. The Bertz CT molecular complexity index is 1260. The first kappa shape index (κ1) is 36.8. The number of rotatable bonds is 16. The largest absolute Gasteiger partial charge is 0.491 e. The van der Waals surface area contributed by atoms with Crippen LogP contribution in [0, 0.1) is 0 Å². The minimum Gasteiger partial charge on any atom is -0.491 e. The van der Waals surface area contributed by atoms with Gasteiger partial charge in [0, 0.05) is 0 Å². The molecule has 0 spiro atoms. The van der Waals surface area contributed by atoms with Gasteiger partial charge in [-0.15, -0.1) is 0 Å². The van der Waals surface area contributed by atoms with E-state index < -0.39 is 15.8 Å². The van der Waals surface area contributed by atoms with Crippen LogP contribution in [0.25, 0.3) is 0 Å². The van der Waals surface area contributed by atoms with E-state index >= 15 is 0 Å². The Hall–Kier alpha value is -3.06. The van der Waals surface area contributed by atoms with Crippen molar-refractivity contribution in [2.45, 2.75) is 111 Å². The highest BCUT2D eigenvalue weighted by Crippen LogP contribution is 2.48. The van der Waals surface area contributed by atoms with Gasteiger partial charge < -0.3 is 18.9 Å². The Morgan fingerprint density at radius 3 is 0.702 bits per heavy atom. The molecule has 0 saturated heterocycles. The second-order valence-electron chi connectivity index (χ2n) is 13.3. The van der Waals surface area contributed by atoms with Crippen LogP contribution in [0.3, 0.4) is 0 Å². The predicted molar refractivity (Wildman–Crippen MR) is 205 cm³/mol. The highest BCUT2D eigenvalue weighted by atomic mass is 31.1. The number of ether oxygens (including phenoxy) is 4. The van der Waals surface area contributed by atoms with Crippen LogP contribution in [0.2, 0.25) is 0 Å². The highest BCUT2D eigenvalue weighted by Gasteiger charge is 2.28. The van der Waals surface area contributed by atoms with Crippen molar-refractivity contribution >= 4 is 37.1 Å². The van der Waals surface area contributed by atoms with Crippen LogP contribution in [-0.2, 0) is 0 Å². The summed E-state index contributed by atoms with van der Waals surface area (Å²) in [5.41, 5.74) is 0.872. The predicted octanol–water partition coefficient (Wildman–Crippen LogP) is 9.57. The van der Waals surface area contributed by atoms with E-state index in [2.05, 4.69) is 166 Å². The Morgan fingerprint density at radius 2 is 0.532 bits per heavy atom. The Labute approximate surface area is 286 Å². The van der Waals surface area contributed by atoms with E-state index in [1.54, 1.807) is 0 Å². The third kappa shape index (κ3) is 11.0. The lowest BCUT2D eigenvalue weighted by molar-refractivity contribution is 0.242. The molecule has 0 amide bonds. The second kappa shape index (κ2) is 17.4. The van der Waals surface area contributed by atoms with Gasteiger partial charge >= 0.3 is 0 Å². The summed E-state index contributed by atoms with van der Waals surface area (Å²) >= 11 is 0. The van der Waals surface area contributed by atoms with Crippen molar-refractivity contribution in [2.24, 2.45) is 0 Å². The minimum atomic E-state index is -0.644. The van der Waals surface area contributed by atoms with E-state index in [4.69, 9.17) is 18.9 Å². The molecule has 0 aliphatic heterocycles. The highest BCUT2D eigenvalue weighted by molar-refractivity contribution is 7.74. The van der Waals surface area contributed by atoms with Gasteiger partial charge in [-0.3, -0.25) is 0 Å². The van der Waals surface area contributed by atoms with Crippen molar-refractivity contribution in [1.82, 2.24) is 0 Å². The van der Waals surface area contributed by atoms with Crippen LogP contribution in [0.4, 0.5) is 0 Å². The first-order valence-corrected chi connectivity index (χ1v) is 19.9. The van der Waals surface area contributed by atoms with Gasteiger partial charge in [-0.1, -0.05) is 62.4 Å². The minimum absolute atomic E-state index is 0.145. The Morgan fingerprint density at radius 1 is 0.340 bits per heavy atom. The summed E-state index contributed by atoms with van der Waals surface area (Å²) in [6.45, 7) is 21.4. The van der Waals surface area contributed by atoms with Gasteiger partial charge in [0.15, 0.2) is 0 Å². The average molecular weight is 673 g/mol. The normalized spacial score (nSPS) is 13.1. The summed E-state index contributed by atoms with van der Waals surface area (Å²) in [6, 6.07) is 35.2. The lowest BCUT2D eigenvalue weighted by atomic mass is 10.2. The molecule has 4 nitrogen and oxygen atoms in total. The van der Waals surface area contributed by atoms with Crippen molar-refractivity contribution in [3.8, 4) is 23.0 Å². The van der Waals surface area contributed by atoms with Crippen LogP contribution in [0.5, 0.6) is 23.0 Å². The van der Waals surface area contributed by atoms with Crippen LogP contribution in [0.1, 0.15) is 75.7 Å². The quantitative estimate of drug-likeness (QED) is 0.111. The third-order valence-electron chi connectivity index (χ3n) is 7.51. The fourth-order valence-electron chi connectivity index (χ4n) is 5.85. The fraction of sp³-hybridized carbons (Fsp3) is 0.415. The zero-order valence-corrected chi connectivity index (χ0v) is 31.7. The summed E-state index contributed by atoms with van der Waals surface area (Å²) in [4.78, 5) is 0. The molecule has 4 rings (SSSR count). The maximum atomic E-state index is 6.00. The molecule has 252 valence electrons. The Balaban J connectivity index is 1.68. The van der Waals surface area contributed by atoms with Gasteiger partial charge in [0.1, 0.15) is 23.0 Å². The van der Waals surface area contributed by atoms with Crippen molar-refractivity contribution in [3.05, 3.63) is 97.1 Å². The fourth-order valence-corrected chi connectivity index (χ4v) is 11.6. The molecule has 0 heterocycles. The molecule has 0 N–H and O–H groups in total. The molecule has 0 unspecified atom stereocenters. The first-order valence-electron chi connectivity index (χ1n) is 17.0. The molecule has 4 aromatic rings. The SMILES string of the molecule is CC(C)Oc1ccc(P(c2ccc(OC(C)C)cc2)[C@H](C)C[C@@H](C)P(c2ccc(OC(C)C)cc2)c2ccc(OC(C)C)cc2)cc1. The van der Waals surface area contributed by atoms with Gasteiger partial charge in [0.05, 0.1) is 24.4 Å². The summed E-state index contributed by atoms with van der Waals surface area (Å²) in [5.74, 6) is 3.66. The van der Waals surface area contributed by atoms with E-state index in [0.717, 1.165) is 29.4 Å². The lowest BCUT2D eigenvalue weighted by Crippen LogP contribution is -2.26. The van der Waals surface area contributed by atoms with Crippen molar-refractivity contribution in [3.63, 3.8) is 0 Å². The molecule has 0 aromatic heterocycles. The summed E-state index contributed by atoms with van der Waals surface area (Å²) < 4.78 is 24.0. The molecule has 4 aromatic carbocycles. The smallest absolute Gasteiger partial charge is 0.119 e.